The summed E-state index contributed by atoms with van der Waals surface area (Å²) >= 11 is 1.47. The van der Waals surface area contributed by atoms with Crippen LogP contribution in [0.15, 0.2) is 48.5 Å². The number of rotatable bonds is 11. The zero-order valence-electron chi connectivity index (χ0n) is 19.4. The first kappa shape index (κ1) is 25.1. The largest absolute Gasteiger partial charge is 0.497 e. The molecule has 1 N–H and O–H groups in total. The fourth-order valence-electron chi connectivity index (χ4n) is 4.17. The van der Waals surface area contributed by atoms with Crippen molar-refractivity contribution in [2.45, 2.75) is 63.4 Å². The molecular weight excluding hydrogens is 439 g/mol. The summed E-state index contributed by atoms with van der Waals surface area (Å²) in [6.45, 7) is 2.28. The maximum Gasteiger partial charge on any atom is 0.243 e. The fraction of sp³-hybridized carbons (Fsp3) is 0.462. The molecule has 5 nitrogen and oxygen atoms in total. The Labute approximate surface area is 200 Å². The second kappa shape index (κ2) is 12.6. The first-order valence-electron chi connectivity index (χ1n) is 11.5. The molecule has 2 aromatic rings. The number of ether oxygens (including phenoxy) is 1. The molecule has 1 aliphatic carbocycles. The van der Waals surface area contributed by atoms with Gasteiger partial charge in [-0.3, -0.25) is 9.59 Å². The molecule has 0 aliphatic heterocycles. The van der Waals surface area contributed by atoms with Gasteiger partial charge in [0.25, 0.3) is 0 Å². The minimum Gasteiger partial charge on any atom is -0.497 e. The summed E-state index contributed by atoms with van der Waals surface area (Å²) in [5.41, 5.74) is 1.87. The lowest BCUT2D eigenvalue weighted by Crippen LogP contribution is -2.51. The third kappa shape index (κ3) is 7.49. The molecule has 1 fully saturated rings. The van der Waals surface area contributed by atoms with Crippen LogP contribution in [0.1, 0.15) is 50.2 Å². The quantitative estimate of drug-likeness (QED) is 0.504. The van der Waals surface area contributed by atoms with Crippen LogP contribution in [-0.2, 0) is 21.9 Å². The zero-order valence-corrected chi connectivity index (χ0v) is 20.2. The highest BCUT2D eigenvalue weighted by atomic mass is 32.2. The Bertz CT molecular complexity index is 916. The van der Waals surface area contributed by atoms with Crippen molar-refractivity contribution < 1.29 is 18.7 Å². The van der Waals surface area contributed by atoms with E-state index in [-0.39, 0.29) is 29.4 Å². The van der Waals surface area contributed by atoms with E-state index >= 15 is 0 Å². The SMILES string of the molecule is CC[C@H](C(=O)NC1CCCC1)N(Cc1cccc(OC)c1)C(=O)CSCc1ccc(F)cc1. The number of hydrogen-bond acceptors (Lipinski definition) is 4. The normalized spacial score (nSPS) is 14.6. The van der Waals surface area contributed by atoms with Gasteiger partial charge >= 0.3 is 0 Å². The molecule has 0 saturated heterocycles. The molecule has 3 rings (SSSR count). The van der Waals surface area contributed by atoms with Gasteiger partial charge in [-0.2, -0.15) is 0 Å². The van der Waals surface area contributed by atoms with E-state index in [1.54, 1.807) is 24.1 Å². The van der Waals surface area contributed by atoms with E-state index in [1.165, 1.54) is 23.9 Å². The molecule has 1 atom stereocenters. The van der Waals surface area contributed by atoms with Crippen molar-refractivity contribution in [2.75, 3.05) is 12.9 Å². The molecule has 2 amide bonds. The fourth-order valence-corrected chi connectivity index (χ4v) is 5.04. The monoisotopic (exact) mass is 472 g/mol. The molecule has 0 heterocycles. The smallest absolute Gasteiger partial charge is 0.243 e. The molecule has 0 radical (unpaired) electrons. The van der Waals surface area contributed by atoms with E-state index in [2.05, 4.69) is 5.32 Å². The summed E-state index contributed by atoms with van der Waals surface area (Å²) in [4.78, 5) is 28.2. The lowest BCUT2D eigenvalue weighted by atomic mass is 10.1. The predicted molar refractivity (Wildman–Crippen MR) is 131 cm³/mol. The van der Waals surface area contributed by atoms with Crippen LogP contribution in [0.2, 0.25) is 0 Å². The summed E-state index contributed by atoms with van der Waals surface area (Å²) in [5, 5.41) is 3.16. The summed E-state index contributed by atoms with van der Waals surface area (Å²) in [6.07, 6.45) is 4.80. The zero-order chi connectivity index (χ0) is 23.6. The van der Waals surface area contributed by atoms with E-state index in [0.29, 0.717) is 24.5 Å². The van der Waals surface area contributed by atoms with Gasteiger partial charge in [0.1, 0.15) is 17.6 Å². The lowest BCUT2D eigenvalue weighted by molar-refractivity contribution is -0.139. The van der Waals surface area contributed by atoms with E-state index in [9.17, 15) is 14.0 Å². The van der Waals surface area contributed by atoms with Crippen LogP contribution in [0.25, 0.3) is 0 Å². The number of nitrogens with one attached hydrogen (secondary N) is 1. The highest BCUT2D eigenvalue weighted by molar-refractivity contribution is 7.99. The molecule has 1 aliphatic rings. The number of benzene rings is 2. The van der Waals surface area contributed by atoms with Crippen LogP contribution in [0.5, 0.6) is 5.75 Å². The molecule has 0 bridgehead atoms. The molecule has 33 heavy (non-hydrogen) atoms. The van der Waals surface area contributed by atoms with Crippen molar-refractivity contribution >= 4 is 23.6 Å². The lowest BCUT2D eigenvalue weighted by Gasteiger charge is -2.31. The van der Waals surface area contributed by atoms with E-state index in [1.807, 2.05) is 31.2 Å². The topological polar surface area (TPSA) is 58.6 Å². The Hall–Kier alpha value is -2.54. The average Bonchev–Trinajstić information content (AvgIpc) is 3.33. The summed E-state index contributed by atoms with van der Waals surface area (Å²) in [6, 6.07) is 13.6. The number of halogens is 1. The van der Waals surface area contributed by atoms with Gasteiger partial charge in [-0.25, -0.2) is 4.39 Å². The molecule has 0 aromatic heterocycles. The summed E-state index contributed by atoms with van der Waals surface area (Å²) in [7, 11) is 1.61. The van der Waals surface area contributed by atoms with Gasteiger partial charge in [-0.1, -0.05) is 44.0 Å². The Kier molecular flexibility index (Phi) is 9.61. The molecule has 0 spiro atoms. The van der Waals surface area contributed by atoms with Crippen molar-refractivity contribution in [3.8, 4) is 5.75 Å². The summed E-state index contributed by atoms with van der Waals surface area (Å²) in [5.74, 6) is 1.12. The van der Waals surface area contributed by atoms with Crippen molar-refractivity contribution in [3.05, 3.63) is 65.5 Å². The Balaban J connectivity index is 1.71. The van der Waals surface area contributed by atoms with Crippen molar-refractivity contribution in [3.63, 3.8) is 0 Å². The van der Waals surface area contributed by atoms with E-state index < -0.39 is 6.04 Å². The second-order valence-electron chi connectivity index (χ2n) is 8.41. The number of thioether (sulfide) groups is 1. The Morgan fingerprint density at radius 1 is 1.15 bits per heavy atom. The van der Waals surface area contributed by atoms with Crippen molar-refractivity contribution in [1.82, 2.24) is 10.2 Å². The van der Waals surface area contributed by atoms with E-state index in [0.717, 1.165) is 36.8 Å². The van der Waals surface area contributed by atoms with Crippen molar-refractivity contribution in [1.29, 1.82) is 0 Å². The Morgan fingerprint density at radius 3 is 2.55 bits per heavy atom. The third-order valence-corrected chi connectivity index (χ3v) is 6.97. The number of amides is 2. The molecule has 7 heteroatoms. The number of methoxy groups -OCH3 is 1. The standard InChI is InChI=1S/C26H33FN2O3S/c1-3-24(26(31)28-22-8-4-5-9-22)29(16-20-7-6-10-23(15-20)32-2)25(30)18-33-17-19-11-13-21(27)14-12-19/h6-7,10-15,22,24H,3-5,8-9,16-18H2,1-2H3,(H,28,31)/t24-/m1/s1. The molecular formula is C26H33FN2O3S. The number of carbonyl (C=O) groups is 2. The Morgan fingerprint density at radius 2 is 1.88 bits per heavy atom. The molecule has 2 aromatic carbocycles. The van der Waals surface area contributed by atoms with Gasteiger partial charge in [-0.15, -0.1) is 11.8 Å². The maximum absolute atomic E-state index is 13.3. The molecule has 0 unspecified atom stereocenters. The first-order chi connectivity index (χ1) is 16.0. The van der Waals surface area contributed by atoms with Crippen molar-refractivity contribution in [2.24, 2.45) is 0 Å². The van der Waals surface area contributed by atoms with Gasteiger partial charge in [0.2, 0.25) is 11.8 Å². The van der Waals surface area contributed by atoms with Crippen LogP contribution in [-0.4, -0.2) is 41.7 Å². The first-order valence-corrected chi connectivity index (χ1v) is 12.7. The maximum atomic E-state index is 13.3. The number of hydrogen-bond donors (Lipinski definition) is 1. The highest BCUT2D eigenvalue weighted by Crippen LogP contribution is 2.22. The van der Waals surface area contributed by atoms with Crippen LogP contribution >= 0.6 is 11.8 Å². The number of nitrogens with zero attached hydrogens (tertiary/aromatic N) is 1. The minimum absolute atomic E-state index is 0.0795. The van der Waals surface area contributed by atoms with Gasteiger partial charge in [0.15, 0.2) is 0 Å². The third-order valence-electron chi connectivity index (χ3n) is 5.98. The molecule has 1 saturated carbocycles. The van der Waals surface area contributed by atoms with Crippen LogP contribution in [0.3, 0.4) is 0 Å². The van der Waals surface area contributed by atoms with Gasteiger partial charge in [0.05, 0.1) is 12.9 Å². The van der Waals surface area contributed by atoms with Crippen LogP contribution in [0.4, 0.5) is 4.39 Å². The van der Waals surface area contributed by atoms with Gasteiger partial charge in [0, 0.05) is 18.3 Å². The van der Waals surface area contributed by atoms with E-state index in [4.69, 9.17) is 4.74 Å². The highest BCUT2D eigenvalue weighted by Gasteiger charge is 2.30. The molecule has 178 valence electrons. The van der Waals surface area contributed by atoms with Crippen LogP contribution < -0.4 is 10.1 Å². The van der Waals surface area contributed by atoms with Crippen LogP contribution in [0, 0.1) is 5.82 Å². The van der Waals surface area contributed by atoms with Gasteiger partial charge in [-0.05, 0) is 54.7 Å². The average molecular weight is 473 g/mol. The predicted octanol–water partition coefficient (Wildman–Crippen LogP) is 4.93. The minimum atomic E-state index is -0.532. The second-order valence-corrected chi connectivity index (χ2v) is 9.39. The number of carbonyl (C=O) groups excluding carboxylic acids is 2. The van der Waals surface area contributed by atoms with Gasteiger partial charge < -0.3 is 15.0 Å². The summed E-state index contributed by atoms with van der Waals surface area (Å²) < 4.78 is 18.5.